The minimum Gasteiger partial charge on any atom is -0.378 e. The first-order valence-electron chi connectivity index (χ1n) is 5.70. The second-order valence-corrected chi connectivity index (χ2v) is 3.95. The molecule has 1 atom stereocenters. The summed E-state index contributed by atoms with van der Waals surface area (Å²) in [5.74, 6) is -0.120. The topological polar surface area (TPSA) is 56.6 Å². The molecule has 2 amide bonds. The standard InChI is InChI=1S/C11H19N3O2/c1-3-13(9-10(2)8-12)11(15)14-4-6-16-7-5-14/h10H,3-7,9H2,1-2H3. The van der Waals surface area contributed by atoms with Gasteiger partial charge in [-0.2, -0.15) is 5.26 Å². The molecular formula is C11H19N3O2. The minimum absolute atomic E-state index is 0.0212. The Morgan fingerprint density at radius 1 is 1.56 bits per heavy atom. The highest BCUT2D eigenvalue weighted by Gasteiger charge is 2.22. The van der Waals surface area contributed by atoms with E-state index in [0.29, 0.717) is 39.4 Å². The van der Waals surface area contributed by atoms with Gasteiger partial charge in [0, 0.05) is 26.2 Å². The van der Waals surface area contributed by atoms with E-state index in [-0.39, 0.29) is 11.9 Å². The number of carbonyl (C=O) groups excluding carboxylic acids is 1. The first-order chi connectivity index (χ1) is 7.69. The van der Waals surface area contributed by atoms with Crippen LogP contribution in [-0.2, 0) is 4.74 Å². The van der Waals surface area contributed by atoms with Crippen molar-refractivity contribution in [2.45, 2.75) is 13.8 Å². The zero-order chi connectivity index (χ0) is 12.0. The quantitative estimate of drug-likeness (QED) is 0.717. The summed E-state index contributed by atoms with van der Waals surface area (Å²) in [6, 6.07) is 2.17. The number of rotatable bonds is 3. The van der Waals surface area contributed by atoms with Crippen LogP contribution in [0.25, 0.3) is 0 Å². The number of amides is 2. The molecule has 0 aromatic rings. The highest BCUT2D eigenvalue weighted by Crippen LogP contribution is 2.06. The lowest BCUT2D eigenvalue weighted by Gasteiger charge is -2.32. The summed E-state index contributed by atoms with van der Waals surface area (Å²) in [7, 11) is 0. The van der Waals surface area contributed by atoms with Crippen molar-refractivity contribution in [2.75, 3.05) is 39.4 Å². The van der Waals surface area contributed by atoms with Crippen molar-refractivity contribution in [3.8, 4) is 6.07 Å². The van der Waals surface area contributed by atoms with E-state index in [1.54, 1.807) is 9.80 Å². The van der Waals surface area contributed by atoms with Crippen LogP contribution < -0.4 is 0 Å². The van der Waals surface area contributed by atoms with Crippen LogP contribution in [0.5, 0.6) is 0 Å². The van der Waals surface area contributed by atoms with Gasteiger partial charge in [-0.1, -0.05) is 0 Å². The Hall–Kier alpha value is -1.28. The van der Waals surface area contributed by atoms with Crippen molar-refractivity contribution in [3.05, 3.63) is 0 Å². The summed E-state index contributed by atoms with van der Waals surface area (Å²) in [5, 5.41) is 8.75. The maximum Gasteiger partial charge on any atom is 0.320 e. The van der Waals surface area contributed by atoms with Gasteiger partial charge in [-0.25, -0.2) is 4.79 Å². The molecule has 0 radical (unpaired) electrons. The van der Waals surface area contributed by atoms with Crippen LogP contribution in [0.3, 0.4) is 0 Å². The van der Waals surface area contributed by atoms with E-state index in [2.05, 4.69) is 6.07 Å². The highest BCUT2D eigenvalue weighted by molar-refractivity contribution is 5.74. The normalized spacial score (nSPS) is 17.7. The molecule has 0 spiro atoms. The fraction of sp³-hybridized carbons (Fsp3) is 0.818. The van der Waals surface area contributed by atoms with E-state index in [0.717, 1.165) is 0 Å². The van der Waals surface area contributed by atoms with Crippen LogP contribution in [0.2, 0.25) is 0 Å². The van der Waals surface area contributed by atoms with Gasteiger partial charge >= 0.3 is 6.03 Å². The van der Waals surface area contributed by atoms with Gasteiger partial charge in [-0.15, -0.1) is 0 Å². The maximum atomic E-state index is 12.1. The Morgan fingerprint density at radius 2 is 2.19 bits per heavy atom. The Kier molecular flexibility index (Phi) is 5.06. The lowest BCUT2D eigenvalue weighted by molar-refractivity contribution is 0.0431. The van der Waals surface area contributed by atoms with Crippen molar-refractivity contribution in [1.29, 1.82) is 5.26 Å². The molecule has 0 saturated carbocycles. The van der Waals surface area contributed by atoms with Crippen LogP contribution in [0, 0.1) is 17.2 Å². The third kappa shape index (κ3) is 3.38. The van der Waals surface area contributed by atoms with Gasteiger partial charge < -0.3 is 14.5 Å². The molecular weight excluding hydrogens is 206 g/mol. The van der Waals surface area contributed by atoms with Crippen molar-refractivity contribution in [1.82, 2.24) is 9.80 Å². The van der Waals surface area contributed by atoms with Crippen LogP contribution >= 0.6 is 0 Å². The third-order valence-electron chi connectivity index (χ3n) is 2.65. The predicted molar refractivity (Wildman–Crippen MR) is 59.8 cm³/mol. The molecule has 0 aromatic heterocycles. The SMILES string of the molecule is CCN(CC(C)C#N)C(=O)N1CCOCC1. The van der Waals surface area contributed by atoms with Crippen molar-refractivity contribution in [2.24, 2.45) is 5.92 Å². The molecule has 1 aliphatic heterocycles. The van der Waals surface area contributed by atoms with E-state index >= 15 is 0 Å². The molecule has 5 heteroatoms. The number of ether oxygens (including phenoxy) is 1. The Morgan fingerprint density at radius 3 is 2.69 bits per heavy atom. The number of nitriles is 1. The van der Waals surface area contributed by atoms with Crippen LogP contribution in [-0.4, -0.2) is 55.2 Å². The van der Waals surface area contributed by atoms with Gasteiger partial charge in [0.15, 0.2) is 0 Å². The largest absolute Gasteiger partial charge is 0.378 e. The smallest absolute Gasteiger partial charge is 0.320 e. The number of nitrogens with zero attached hydrogens (tertiary/aromatic N) is 3. The Bertz CT molecular complexity index is 269. The Balaban J connectivity index is 2.51. The molecule has 1 saturated heterocycles. The molecule has 5 nitrogen and oxygen atoms in total. The van der Waals surface area contributed by atoms with Crippen LogP contribution in [0.15, 0.2) is 0 Å². The molecule has 90 valence electrons. The van der Waals surface area contributed by atoms with Gasteiger partial charge in [0.2, 0.25) is 0 Å². The molecule has 0 aliphatic carbocycles. The first kappa shape index (κ1) is 12.8. The summed E-state index contributed by atoms with van der Waals surface area (Å²) < 4.78 is 5.20. The summed E-state index contributed by atoms with van der Waals surface area (Å²) >= 11 is 0. The number of hydrogen-bond acceptors (Lipinski definition) is 3. The second-order valence-electron chi connectivity index (χ2n) is 3.95. The van der Waals surface area contributed by atoms with Crippen molar-refractivity contribution >= 4 is 6.03 Å². The van der Waals surface area contributed by atoms with Crippen LogP contribution in [0.4, 0.5) is 4.79 Å². The van der Waals surface area contributed by atoms with E-state index in [1.165, 1.54) is 0 Å². The molecule has 1 heterocycles. The average molecular weight is 225 g/mol. The molecule has 0 aromatic carbocycles. The lowest BCUT2D eigenvalue weighted by Crippen LogP contribution is -2.49. The van der Waals surface area contributed by atoms with Gasteiger partial charge in [-0.3, -0.25) is 0 Å². The molecule has 1 unspecified atom stereocenters. The third-order valence-corrected chi connectivity index (χ3v) is 2.65. The first-order valence-corrected chi connectivity index (χ1v) is 5.70. The number of morpholine rings is 1. The molecule has 16 heavy (non-hydrogen) atoms. The van der Waals surface area contributed by atoms with E-state index in [9.17, 15) is 4.79 Å². The van der Waals surface area contributed by atoms with Gasteiger partial charge in [0.25, 0.3) is 0 Å². The van der Waals surface area contributed by atoms with E-state index in [4.69, 9.17) is 10.00 Å². The number of urea groups is 1. The minimum atomic E-state index is -0.120. The Labute approximate surface area is 96.6 Å². The van der Waals surface area contributed by atoms with E-state index in [1.807, 2.05) is 13.8 Å². The summed E-state index contributed by atoms with van der Waals surface area (Å²) in [6.07, 6.45) is 0. The lowest BCUT2D eigenvalue weighted by atomic mass is 10.2. The van der Waals surface area contributed by atoms with Crippen molar-refractivity contribution in [3.63, 3.8) is 0 Å². The van der Waals surface area contributed by atoms with E-state index < -0.39 is 0 Å². The summed E-state index contributed by atoms with van der Waals surface area (Å²) in [5.41, 5.74) is 0. The van der Waals surface area contributed by atoms with Crippen LogP contribution in [0.1, 0.15) is 13.8 Å². The van der Waals surface area contributed by atoms with Crippen molar-refractivity contribution < 1.29 is 9.53 Å². The zero-order valence-electron chi connectivity index (χ0n) is 9.98. The fourth-order valence-corrected chi connectivity index (χ4v) is 1.67. The summed E-state index contributed by atoms with van der Waals surface area (Å²) in [6.45, 7) is 7.42. The number of carbonyl (C=O) groups is 1. The average Bonchev–Trinajstić information content (AvgIpc) is 2.35. The monoisotopic (exact) mass is 225 g/mol. The van der Waals surface area contributed by atoms with Gasteiger partial charge in [-0.05, 0) is 13.8 Å². The second kappa shape index (κ2) is 6.33. The summed E-state index contributed by atoms with van der Waals surface area (Å²) in [4.78, 5) is 15.6. The predicted octanol–water partition coefficient (Wildman–Crippen LogP) is 0.920. The molecule has 0 bridgehead atoms. The molecule has 0 N–H and O–H groups in total. The molecule has 1 aliphatic rings. The van der Waals surface area contributed by atoms with Gasteiger partial charge in [0.05, 0.1) is 25.2 Å². The molecule has 1 fully saturated rings. The fourth-order valence-electron chi connectivity index (χ4n) is 1.67. The van der Waals surface area contributed by atoms with Gasteiger partial charge in [0.1, 0.15) is 0 Å². The highest BCUT2D eigenvalue weighted by atomic mass is 16.5. The number of hydrogen-bond donors (Lipinski definition) is 0. The maximum absolute atomic E-state index is 12.1. The zero-order valence-corrected chi connectivity index (χ0v) is 9.98. The molecule has 1 rings (SSSR count).